The molecular weight excluding hydrogens is 316 g/mol. The molecule has 2 heterocycles. The van der Waals surface area contributed by atoms with Crippen molar-refractivity contribution in [2.24, 2.45) is 0 Å². The third kappa shape index (κ3) is 2.47. The van der Waals surface area contributed by atoms with E-state index in [0.717, 1.165) is 11.3 Å². The van der Waals surface area contributed by atoms with Crippen LogP contribution < -0.4 is 9.64 Å². The van der Waals surface area contributed by atoms with Gasteiger partial charge in [0.25, 0.3) is 5.91 Å². The summed E-state index contributed by atoms with van der Waals surface area (Å²) in [6.07, 6.45) is 0.657. The van der Waals surface area contributed by atoms with Gasteiger partial charge < -0.3 is 14.5 Å². The Morgan fingerprint density at radius 2 is 1.84 bits per heavy atom. The van der Waals surface area contributed by atoms with Crippen LogP contribution >= 0.6 is 0 Å². The number of para-hydroxylation sites is 2. The number of carbonyl (C=O) groups is 2. The fraction of sp³-hybridized carbons (Fsp3) is 0.300. The minimum absolute atomic E-state index is 0.00816. The van der Waals surface area contributed by atoms with Gasteiger partial charge in [-0.25, -0.2) is 0 Å². The molecule has 0 radical (unpaired) electrons. The second kappa shape index (κ2) is 5.92. The molecule has 2 aromatic carbocycles. The molecule has 1 spiro atoms. The summed E-state index contributed by atoms with van der Waals surface area (Å²) in [5.41, 5.74) is 1.37. The number of benzene rings is 2. The van der Waals surface area contributed by atoms with E-state index in [4.69, 9.17) is 4.74 Å². The number of carbonyl (C=O) groups excluding carboxylic acids is 2. The summed E-state index contributed by atoms with van der Waals surface area (Å²) in [5, 5.41) is 0. The minimum atomic E-state index is -0.603. The molecule has 2 aromatic rings. The van der Waals surface area contributed by atoms with E-state index in [2.05, 4.69) is 0 Å². The summed E-state index contributed by atoms with van der Waals surface area (Å²) in [6.45, 7) is 0.987. The van der Waals surface area contributed by atoms with Crippen molar-refractivity contribution in [3.63, 3.8) is 0 Å². The van der Waals surface area contributed by atoms with Crippen molar-refractivity contribution >= 4 is 17.5 Å². The first-order valence-electron chi connectivity index (χ1n) is 8.45. The van der Waals surface area contributed by atoms with E-state index in [9.17, 15) is 9.59 Å². The Bertz CT molecular complexity index is 821. The van der Waals surface area contributed by atoms with Crippen LogP contribution in [0.25, 0.3) is 0 Å². The molecule has 2 amide bonds. The van der Waals surface area contributed by atoms with Gasteiger partial charge in [-0.2, -0.15) is 0 Å². The smallest absolute Gasteiger partial charge is 0.260 e. The van der Waals surface area contributed by atoms with Gasteiger partial charge in [-0.3, -0.25) is 9.59 Å². The van der Waals surface area contributed by atoms with E-state index in [1.165, 1.54) is 0 Å². The van der Waals surface area contributed by atoms with Gasteiger partial charge >= 0.3 is 0 Å². The van der Waals surface area contributed by atoms with Gasteiger partial charge in [-0.15, -0.1) is 0 Å². The lowest BCUT2D eigenvalue weighted by Gasteiger charge is -2.23. The highest BCUT2D eigenvalue weighted by Crippen LogP contribution is 2.46. The van der Waals surface area contributed by atoms with Crippen molar-refractivity contribution in [3.05, 3.63) is 60.2 Å². The monoisotopic (exact) mass is 336 g/mol. The lowest BCUT2D eigenvalue weighted by molar-refractivity contribution is -0.132. The van der Waals surface area contributed by atoms with Gasteiger partial charge in [0, 0.05) is 25.8 Å². The van der Waals surface area contributed by atoms with E-state index in [1.54, 1.807) is 16.8 Å². The first-order valence-corrected chi connectivity index (χ1v) is 8.45. The molecule has 25 heavy (non-hydrogen) atoms. The van der Waals surface area contributed by atoms with Gasteiger partial charge in [0.1, 0.15) is 5.75 Å². The Kier molecular flexibility index (Phi) is 3.71. The number of likely N-dealkylation sites (tertiary alicyclic amines) is 1. The van der Waals surface area contributed by atoms with Gasteiger partial charge in [0.15, 0.2) is 6.61 Å². The molecule has 2 aliphatic rings. The highest BCUT2D eigenvalue weighted by molar-refractivity contribution is 6.08. The molecule has 0 aromatic heterocycles. The zero-order valence-electron chi connectivity index (χ0n) is 14.1. The number of fused-ring (bicyclic) bond motifs is 2. The number of hydrogen-bond acceptors (Lipinski definition) is 3. The largest absolute Gasteiger partial charge is 0.484 e. The normalized spacial score (nSPS) is 21.7. The lowest BCUT2D eigenvalue weighted by atomic mass is 9.81. The van der Waals surface area contributed by atoms with Crippen LogP contribution in [0, 0.1) is 0 Å². The molecule has 0 bridgehead atoms. The first kappa shape index (κ1) is 15.7. The Morgan fingerprint density at radius 1 is 1.12 bits per heavy atom. The highest BCUT2D eigenvalue weighted by atomic mass is 16.5. The van der Waals surface area contributed by atoms with Crippen molar-refractivity contribution in [1.82, 2.24) is 4.90 Å². The predicted molar refractivity (Wildman–Crippen MR) is 94.7 cm³/mol. The van der Waals surface area contributed by atoms with Crippen LogP contribution in [-0.2, 0) is 15.0 Å². The Balaban J connectivity index is 1.49. The van der Waals surface area contributed by atoms with Crippen molar-refractivity contribution in [2.75, 3.05) is 31.6 Å². The third-order valence-corrected chi connectivity index (χ3v) is 5.22. The molecule has 0 unspecified atom stereocenters. The molecular formula is C20H20N2O3. The highest BCUT2D eigenvalue weighted by Gasteiger charge is 2.54. The van der Waals surface area contributed by atoms with Crippen LogP contribution in [0.3, 0.4) is 0 Å². The topological polar surface area (TPSA) is 49.9 Å². The number of rotatable bonds is 3. The van der Waals surface area contributed by atoms with Gasteiger partial charge in [-0.1, -0.05) is 36.4 Å². The average Bonchev–Trinajstić information content (AvgIpc) is 3.19. The second-order valence-corrected chi connectivity index (χ2v) is 6.63. The van der Waals surface area contributed by atoms with Crippen LogP contribution in [0.15, 0.2) is 54.6 Å². The number of ether oxygens (including phenoxy) is 1. The standard InChI is InChI=1S/C20H20N2O3/c1-21-17-10-6-5-9-16(17)20(19(21)24)11-12-22(14-20)18(23)13-25-15-7-3-2-4-8-15/h2-10H,11-14H2,1H3/t20-/m1/s1. The molecule has 0 saturated carbocycles. The summed E-state index contributed by atoms with van der Waals surface area (Å²) >= 11 is 0. The number of nitrogens with zero attached hydrogens (tertiary/aromatic N) is 2. The molecule has 1 saturated heterocycles. The average molecular weight is 336 g/mol. The third-order valence-electron chi connectivity index (χ3n) is 5.22. The van der Waals surface area contributed by atoms with Crippen LogP contribution in [-0.4, -0.2) is 43.5 Å². The Labute approximate surface area is 146 Å². The van der Waals surface area contributed by atoms with Crippen LogP contribution in [0.4, 0.5) is 5.69 Å². The molecule has 5 nitrogen and oxygen atoms in total. The maximum Gasteiger partial charge on any atom is 0.260 e. The molecule has 5 heteroatoms. The summed E-state index contributed by atoms with van der Waals surface area (Å²) in [7, 11) is 1.80. The van der Waals surface area contributed by atoms with Crippen LogP contribution in [0.1, 0.15) is 12.0 Å². The fourth-order valence-corrected chi connectivity index (χ4v) is 3.89. The minimum Gasteiger partial charge on any atom is -0.484 e. The van der Waals surface area contributed by atoms with Crippen molar-refractivity contribution in [1.29, 1.82) is 0 Å². The Hall–Kier alpha value is -2.82. The zero-order chi connectivity index (χ0) is 17.4. The zero-order valence-corrected chi connectivity index (χ0v) is 14.1. The number of anilines is 1. The van der Waals surface area contributed by atoms with Crippen molar-refractivity contribution in [2.45, 2.75) is 11.8 Å². The number of amides is 2. The molecule has 1 fully saturated rings. The van der Waals surface area contributed by atoms with E-state index in [-0.39, 0.29) is 18.4 Å². The van der Waals surface area contributed by atoms with E-state index < -0.39 is 5.41 Å². The SMILES string of the molecule is CN1C(=O)[C@@]2(CCN(C(=O)COc3ccccc3)C2)c2ccccc21. The molecule has 1 atom stereocenters. The molecule has 0 aliphatic carbocycles. The molecule has 4 rings (SSSR count). The molecule has 0 N–H and O–H groups in total. The van der Waals surface area contributed by atoms with Crippen molar-refractivity contribution in [3.8, 4) is 5.75 Å². The summed E-state index contributed by atoms with van der Waals surface area (Å²) < 4.78 is 5.56. The van der Waals surface area contributed by atoms with Gasteiger partial charge in [0.05, 0.1) is 5.41 Å². The predicted octanol–water partition coefficient (Wildman–Crippen LogP) is 2.21. The summed E-state index contributed by atoms with van der Waals surface area (Å²) in [6, 6.07) is 17.1. The van der Waals surface area contributed by atoms with Crippen molar-refractivity contribution < 1.29 is 14.3 Å². The van der Waals surface area contributed by atoms with E-state index in [0.29, 0.717) is 25.3 Å². The van der Waals surface area contributed by atoms with Gasteiger partial charge in [0.2, 0.25) is 5.91 Å². The second-order valence-electron chi connectivity index (χ2n) is 6.63. The summed E-state index contributed by atoms with van der Waals surface area (Å²) in [5.74, 6) is 0.667. The van der Waals surface area contributed by atoms with Gasteiger partial charge in [-0.05, 0) is 30.2 Å². The summed E-state index contributed by atoms with van der Waals surface area (Å²) in [4.78, 5) is 28.9. The Morgan fingerprint density at radius 3 is 2.64 bits per heavy atom. The molecule has 128 valence electrons. The maximum atomic E-state index is 12.9. The number of likely N-dealkylation sites (N-methyl/N-ethyl adjacent to an activating group) is 1. The first-order chi connectivity index (χ1) is 12.1. The maximum absolute atomic E-state index is 12.9. The van der Waals surface area contributed by atoms with E-state index in [1.807, 2.05) is 54.6 Å². The number of hydrogen-bond donors (Lipinski definition) is 0. The fourth-order valence-electron chi connectivity index (χ4n) is 3.89. The lowest BCUT2D eigenvalue weighted by Crippen LogP contribution is -2.42. The van der Waals surface area contributed by atoms with E-state index >= 15 is 0 Å². The van der Waals surface area contributed by atoms with Crippen LogP contribution in [0.5, 0.6) is 5.75 Å². The molecule has 2 aliphatic heterocycles. The quantitative estimate of drug-likeness (QED) is 0.863. The van der Waals surface area contributed by atoms with Crippen LogP contribution in [0.2, 0.25) is 0 Å².